The second kappa shape index (κ2) is 16.3. The summed E-state index contributed by atoms with van der Waals surface area (Å²) in [7, 11) is -3.64. The molecule has 0 aromatic rings. The van der Waals surface area contributed by atoms with Crippen LogP contribution in [0.2, 0.25) is 0 Å². The van der Waals surface area contributed by atoms with E-state index in [9.17, 15) is 14.2 Å². The first-order chi connectivity index (χ1) is 15.9. The highest BCUT2D eigenvalue weighted by Gasteiger charge is 2.20. The number of rotatable bonds is 14. The summed E-state index contributed by atoms with van der Waals surface area (Å²) in [4.78, 5) is 23.3. The molecule has 0 aliphatic heterocycles. The van der Waals surface area contributed by atoms with Gasteiger partial charge in [-0.05, 0) is 77.0 Å². The fraction of sp³-hybridized carbons (Fsp3) is 0.909. The van der Waals surface area contributed by atoms with Crippen molar-refractivity contribution in [2.24, 2.45) is 5.50 Å². The molecule has 0 saturated heterocycles. The van der Waals surface area contributed by atoms with Gasteiger partial charge in [-0.15, -0.1) is 0 Å². The van der Waals surface area contributed by atoms with Crippen molar-refractivity contribution in [3.8, 4) is 0 Å². The van der Waals surface area contributed by atoms with Crippen molar-refractivity contribution in [2.75, 3.05) is 26.4 Å². The highest BCUT2D eigenvalue weighted by Crippen LogP contribution is 2.39. The van der Waals surface area contributed by atoms with Gasteiger partial charge in [0.25, 0.3) is 0 Å². The van der Waals surface area contributed by atoms with E-state index >= 15 is 0 Å². The van der Waals surface area contributed by atoms with Crippen LogP contribution in [0.1, 0.15) is 89.9 Å². The molecular weight excluding hydrogens is 453 g/mol. The van der Waals surface area contributed by atoms with E-state index in [2.05, 4.69) is 0 Å². The Morgan fingerprint density at radius 2 is 1.00 bits per heavy atom. The van der Waals surface area contributed by atoms with Gasteiger partial charge in [-0.25, -0.2) is 19.7 Å². The molecule has 0 aromatic carbocycles. The average Bonchev–Trinajstić information content (AvgIpc) is 2.80. The van der Waals surface area contributed by atoms with E-state index in [1.807, 2.05) is 0 Å². The summed E-state index contributed by atoms with van der Waals surface area (Å²) < 4.78 is 42.9. The van der Waals surface area contributed by atoms with Crippen LogP contribution < -0.4 is 5.50 Å². The van der Waals surface area contributed by atoms with E-state index in [4.69, 9.17) is 33.5 Å². The lowest BCUT2D eigenvalue weighted by Gasteiger charge is -2.21. The van der Waals surface area contributed by atoms with Crippen molar-refractivity contribution in [3.63, 3.8) is 0 Å². The molecule has 0 radical (unpaired) electrons. The zero-order chi connectivity index (χ0) is 23.8. The molecule has 0 spiro atoms. The molecule has 2 aliphatic carbocycles. The molecule has 192 valence electrons. The molecule has 2 N–H and O–H groups in total. The number of hydrogen-bond acceptors (Lipinski definition) is 9. The molecule has 2 saturated carbocycles. The normalized spacial score (nSPS) is 18.0. The van der Waals surface area contributed by atoms with Crippen molar-refractivity contribution in [2.45, 2.75) is 102 Å². The van der Waals surface area contributed by atoms with Gasteiger partial charge < -0.3 is 18.9 Å². The highest BCUT2D eigenvalue weighted by atomic mass is 31.2. The lowest BCUT2D eigenvalue weighted by Crippen LogP contribution is -2.21. The molecule has 2 rings (SSSR count). The standard InChI is InChI=1S/C22H40NO9P/c23-33(26,29-17-9-7-15-27-21(24)31-19-11-3-1-4-12-19)30-18-10-8-16-28-22(25)32-20-13-5-2-6-14-20/h19-20H,1-18H2,(H2,23,26). The summed E-state index contributed by atoms with van der Waals surface area (Å²) in [6.45, 7) is 0.664. The van der Waals surface area contributed by atoms with Crippen LogP contribution in [0.5, 0.6) is 0 Å². The summed E-state index contributed by atoms with van der Waals surface area (Å²) in [5.74, 6) is 0. The molecule has 0 atom stereocenters. The molecule has 2 fully saturated rings. The van der Waals surface area contributed by atoms with E-state index in [0.29, 0.717) is 25.7 Å². The lowest BCUT2D eigenvalue weighted by molar-refractivity contribution is 0.00957. The topological polar surface area (TPSA) is 133 Å². The second-order valence-corrected chi connectivity index (χ2v) is 10.2. The molecular formula is C22H40NO9P. The molecule has 0 heterocycles. The van der Waals surface area contributed by atoms with E-state index < -0.39 is 20.1 Å². The zero-order valence-corrected chi connectivity index (χ0v) is 20.5. The molecule has 0 amide bonds. The van der Waals surface area contributed by atoms with Gasteiger partial charge in [0.15, 0.2) is 0 Å². The maximum Gasteiger partial charge on any atom is 0.508 e. The molecule has 0 unspecified atom stereocenters. The van der Waals surface area contributed by atoms with Crippen molar-refractivity contribution in [3.05, 3.63) is 0 Å². The van der Waals surface area contributed by atoms with Crippen molar-refractivity contribution in [1.82, 2.24) is 0 Å². The highest BCUT2D eigenvalue weighted by molar-refractivity contribution is 7.51. The van der Waals surface area contributed by atoms with Gasteiger partial charge in [-0.2, -0.15) is 0 Å². The van der Waals surface area contributed by atoms with Gasteiger partial charge >= 0.3 is 20.1 Å². The Balaban J connectivity index is 1.39. The monoisotopic (exact) mass is 493 g/mol. The number of nitrogens with two attached hydrogens (primary N) is 1. The van der Waals surface area contributed by atoms with Gasteiger partial charge in [0.2, 0.25) is 0 Å². The van der Waals surface area contributed by atoms with Gasteiger partial charge in [0, 0.05) is 0 Å². The van der Waals surface area contributed by atoms with Crippen LogP contribution in [0.3, 0.4) is 0 Å². The Hall–Kier alpha value is -1.35. The fourth-order valence-corrected chi connectivity index (χ4v) is 4.69. The van der Waals surface area contributed by atoms with E-state index in [1.54, 1.807) is 0 Å². The molecule has 11 heteroatoms. The summed E-state index contributed by atoms with van der Waals surface area (Å²) >= 11 is 0. The van der Waals surface area contributed by atoms with Crippen molar-refractivity contribution < 1.29 is 42.1 Å². The Morgan fingerprint density at radius 3 is 1.39 bits per heavy atom. The van der Waals surface area contributed by atoms with Crippen LogP contribution in [0, 0.1) is 0 Å². The molecule has 2 aliphatic rings. The maximum atomic E-state index is 12.1. The second-order valence-electron chi connectivity index (χ2n) is 8.57. The minimum atomic E-state index is -3.64. The smallest absolute Gasteiger partial charge is 0.434 e. The van der Waals surface area contributed by atoms with E-state index in [0.717, 1.165) is 51.4 Å². The number of carbonyl (C=O) groups excluding carboxylic acids is 2. The number of ether oxygens (including phenoxy) is 4. The van der Waals surface area contributed by atoms with Crippen LogP contribution in [0.4, 0.5) is 9.59 Å². The SMILES string of the molecule is NP(=O)(OCCCCOC(=O)OC1CCCCC1)OCCCCOC(=O)OC1CCCCC1. The van der Waals surface area contributed by atoms with Crippen LogP contribution in [0.15, 0.2) is 0 Å². The quantitative estimate of drug-likeness (QED) is 0.185. The van der Waals surface area contributed by atoms with Gasteiger partial charge in [0.1, 0.15) is 12.2 Å². The predicted octanol–water partition coefficient (Wildman–Crippen LogP) is 5.62. The van der Waals surface area contributed by atoms with Crippen molar-refractivity contribution in [1.29, 1.82) is 0 Å². The third-order valence-corrected chi connectivity index (χ3v) is 6.77. The summed E-state index contributed by atoms with van der Waals surface area (Å²) in [5, 5.41) is 0. The van der Waals surface area contributed by atoms with Crippen molar-refractivity contribution >= 4 is 20.1 Å². The third kappa shape index (κ3) is 13.8. The first-order valence-corrected chi connectivity index (χ1v) is 13.9. The minimum Gasteiger partial charge on any atom is -0.434 e. The molecule has 0 aromatic heterocycles. The maximum absolute atomic E-state index is 12.1. The Labute approximate surface area is 196 Å². The summed E-state index contributed by atoms with van der Waals surface area (Å²) in [6.07, 6.45) is 11.1. The Bertz CT molecular complexity index is 559. The Kier molecular flexibility index (Phi) is 13.8. The van der Waals surface area contributed by atoms with E-state index in [1.165, 1.54) is 12.8 Å². The Morgan fingerprint density at radius 1 is 0.636 bits per heavy atom. The molecule has 10 nitrogen and oxygen atoms in total. The van der Waals surface area contributed by atoms with Crippen LogP contribution >= 0.6 is 7.75 Å². The van der Waals surface area contributed by atoms with Crippen LogP contribution in [-0.4, -0.2) is 50.9 Å². The predicted molar refractivity (Wildman–Crippen MR) is 121 cm³/mol. The van der Waals surface area contributed by atoms with Crippen LogP contribution in [0.25, 0.3) is 0 Å². The number of hydrogen-bond donors (Lipinski definition) is 1. The average molecular weight is 494 g/mol. The first kappa shape index (κ1) is 27.9. The third-order valence-electron chi connectivity index (χ3n) is 5.69. The fourth-order valence-electron chi connectivity index (χ4n) is 3.85. The first-order valence-electron chi connectivity index (χ1n) is 12.3. The van der Waals surface area contributed by atoms with Gasteiger partial charge in [0.05, 0.1) is 26.4 Å². The number of carbonyl (C=O) groups is 2. The lowest BCUT2D eigenvalue weighted by atomic mass is 9.98. The molecule has 33 heavy (non-hydrogen) atoms. The van der Waals surface area contributed by atoms with Gasteiger partial charge in [-0.3, -0.25) is 9.05 Å². The summed E-state index contributed by atoms with van der Waals surface area (Å²) in [6, 6.07) is 0. The minimum absolute atomic E-state index is 0.0308. The van der Waals surface area contributed by atoms with Crippen LogP contribution in [-0.2, 0) is 32.6 Å². The van der Waals surface area contributed by atoms with Gasteiger partial charge in [-0.1, -0.05) is 12.8 Å². The largest absolute Gasteiger partial charge is 0.508 e. The number of unbranched alkanes of at least 4 members (excludes halogenated alkanes) is 2. The zero-order valence-electron chi connectivity index (χ0n) is 19.6. The van der Waals surface area contributed by atoms with E-state index in [-0.39, 0.29) is 38.6 Å². The molecule has 0 bridgehead atoms. The summed E-state index contributed by atoms with van der Waals surface area (Å²) in [5.41, 5.74) is 5.55.